The van der Waals surface area contributed by atoms with Crippen LogP contribution >= 0.6 is 11.3 Å². The fourth-order valence-corrected chi connectivity index (χ4v) is 4.45. The summed E-state index contributed by atoms with van der Waals surface area (Å²) in [6.07, 6.45) is 2.33. The van der Waals surface area contributed by atoms with Crippen LogP contribution in [0.2, 0.25) is 0 Å². The van der Waals surface area contributed by atoms with E-state index in [2.05, 4.69) is 11.1 Å². The summed E-state index contributed by atoms with van der Waals surface area (Å²) in [5.41, 5.74) is 3.68. The Morgan fingerprint density at radius 2 is 1.81 bits per heavy atom. The average Bonchev–Trinajstić information content (AvgIpc) is 3.46. The number of para-hydroxylation sites is 2. The van der Waals surface area contributed by atoms with Crippen LogP contribution in [0.3, 0.4) is 0 Å². The monoisotopic (exact) mass is 373 g/mol. The summed E-state index contributed by atoms with van der Waals surface area (Å²) in [6.45, 7) is 0.508. The summed E-state index contributed by atoms with van der Waals surface area (Å²) < 4.78 is 1.15. The van der Waals surface area contributed by atoms with Crippen molar-refractivity contribution in [3.63, 3.8) is 0 Å². The summed E-state index contributed by atoms with van der Waals surface area (Å²) in [7, 11) is 1.85. The molecule has 0 unspecified atom stereocenters. The number of nitrogens with zero attached hydrogens (tertiary/aromatic N) is 3. The van der Waals surface area contributed by atoms with E-state index in [1.807, 2.05) is 55.6 Å². The summed E-state index contributed by atoms with van der Waals surface area (Å²) in [6, 6.07) is 18.0. The second kappa shape index (κ2) is 6.43. The summed E-state index contributed by atoms with van der Waals surface area (Å²) in [4.78, 5) is 24.4. The van der Waals surface area contributed by atoms with Crippen molar-refractivity contribution in [3.05, 3.63) is 70.9 Å². The van der Waals surface area contributed by atoms with Gasteiger partial charge in [0.25, 0.3) is 5.91 Å². The van der Waals surface area contributed by atoms with E-state index in [1.54, 1.807) is 16.2 Å². The van der Waals surface area contributed by atoms with E-state index in [0.717, 1.165) is 37.4 Å². The number of thiazole rings is 1. The predicted octanol–water partition coefficient (Wildman–Crippen LogP) is 4.99. The van der Waals surface area contributed by atoms with Crippen LogP contribution in [0.1, 0.15) is 39.8 Å². The van der Waals surface area contributed by atoms with Crippen molar-refractivity contribution in [2.24, 2.45) is 0 Å². The highest BCUT2D eigenvalue weighted by atomic mass is 32.1. The van der Waals surface area contributed by atoms with Crippen molar-refractivity contribution in [2.45, 2.75) is 25.3 Å². The molecule has 1 amide bonds. The maximum absolute atomic E-state index is 13.2. The molecule has 0 atom stereocenters. The third-order valence-corrected chi connectivity index (χ3v) is 6.04. The Kier molecular flexibility index (Phi) is 3.90. The lowest BCUT2D eigenvalue weighted by molar-refractivity contribution is 0.0787. The Balaban J connectivity index is 1.49. The molecule has 5 heteroatoms. The SMILES string of the molecule is CN(Cc1nc2ccccc2s1)C(=O)c1cc(C2CC2)nc2ccccc12. The third kappa shape index (κ3) is 3.08. The number of pyridine rings is 1. The van der Waals surface area contributed by atoms with E-state index in [0.29, 0.717) is 12.5 Å². The lowest BCUT2D eigenvalue weighted by Crippen LogP contribution is -2.26. The Hall–Kier alpha value is -2.79. The van der Waals surface area contributed by atoms with Crippen LogP contribution in [-0.4, -0.2) is 27.8 Å². The summed E-state index contributed by atoms with van der Waals surface area (Å²) in [5.74, 6) is 0.533. The van der Waals surface area contributed by atoms with Crippen LogP contribution in [-0.2, 0) is 6.54 Å². The van der Waals surface area contributed by atoms with Crippen molar-refractivity contribution < 1.29 is 4.79 Å². The molecule has 1 aliphatic rings. The van der Waals surface area contributed by atoms with Gasteiger partial charge >= 0.3 is 0 Å². The lowest BCUT2D eigenvalue weighted by atomic mass is 10.0. The second-order valence-corrected chi connectivity index (χ2v) is 8.24. The highest BCUT2D eigenvalue weighted by Gasteiger charge is 2.27. The number of fused-ring (bicyclic) bond motifs is 2. The second-order valence-electron chi connectivity index (χ2n) is 7.12. The first-order chi connectivity index (χ1) is 13.2. The molecule has 134 valence electrons. The zero-order chi connectivity index (χ0) is 18.4. The number of rotatable bonds is 4. The Bertz CT molecular complexity index is 1130. The highest BCUT2D eigenvalue weighted by Crippen LogP contribution is 2.40. The van der Waals surface area contributed by atoms with E-state index in [4.69, 9.17) is 4.98 Å². The summed E-state index contributed by atoms with van der Waals surface area (Å²) >= 11 is 1.64. The van der Waals surface area contributed by atoms with Crippen molar-refractivity contribution >= 4 is 38.4 Å². The minimum absolute atomic E-state index is 0.0229. The molecule has 4 nitrogen and oxygen atoms in total. The molecule has 0 N–H and O–H groups in total. The first kappa shape index (κ1) is 16.4. The van der Waals surface area contributed by atoms with Gasteiger partial charge in [-0.15, -0.1) is 11.3 Å². The van der Waals surface area contributed by atoms with Gasteiger partial charge in [0.05, 0.1) is 27.8 Å². The number of carbonyl (C=O) groups is 1. The van der Waals surface area contributed by atoms with Gasteiger partial charge in [0.1, 0.15) is 5.01 Å². The first-order valence-corrected chi connectivity index (χ1v) is 10.0. The van der Waals surface area contributed by atoms with Crippen molar-refractivity contribution in [1.29, 1.82) is 0 Å². The van der Waals surface area contributed by atoms with Gasteiger partial charge < -0.3 is 4.90 Å². The number of hydrogen-bond donors (Lipinski definition) is 0. The number of benzene rings is 2. The molecule has 0 bridgehead atoms. The molecule has 1 saturated carbocycles. The molecule has 4 aromatic rings. The molecular formula is C22H19N3OS. The molecule has 1 aliphatic carbocycles. The zero-order valence-electron chi connectivity index (χ0n) is 15.1. The van der Waals surface area contributed by atoms with E-state index < -0.39 is 0 Å². The van der Waals surface area contributed by atoms with Gasteiger partial charge in [-0.2, -0.15) is 0 Å². The topological polar surface area (TPSA) is 46.1 Å². The molecule has 2 heterocycles. The van der Waals surface area contributed by atoms with Crippen molar-refractivity contribution in [3.8, 4) is 0 Å². The van der Waals surface area contributed by atoms with Crippen molar-refractivity contribution in [2.75, 3.05) is 7.05 Å². The minimum Gasteiger partial charge on any atom is -0.335 e. The Morgan fingerprint density at radius 3 is 2.59 bits per heavy atom. The van der Waals surface area contributed by atoms with Crippen LogP contribution in [0.5, 0.6) is 0 Å². The third-order valence-electron chi connectivity index (χ3n) is 5.02. The molecule has 2 aromatic carbocycles. The molecule has 27 heavy (non-hydrogen) atoms. The fourth-order valence-electron chi connectivity index (χ4n) is 3.43. The molecule has 1 fully saturated rings. The molecule has 0 saturated heterocycles. The average molecular weight is 373 g/mol. The van der Waals surface area contributed by atoms with Gasteiger partial charge in [-0.05, 0) is 37.1 Å². The summed E-state index contributed by atoms with van der Waals surface area (Å²) in [5, 5.41) is 1.87. The zero-order valence-corrected chi connectivity index (χ0v) is 15.9. The van der Waals surface area contributed by atoms with E-state index >= 15 is 0 Å². The van der Waals surface area contributed by atoms with E-state index in [-0.39, 0.29) is 5.91 Å². The van der Waals surface area contributed by atoms with Crippen LogP contribution in [0.4, 0.5) is 0 Å². The molecule has 5 rings (SSSR count). The van der Waals surface area contributed by atoms with Gasteiger partial charge in [0, 0.05) is 24.0 Å². The van der Waals surface area contributed by atoms with Gasteiger partial charge in [0.2, 0.25) is 0 Å². The van der Waals surface area contributed by atoms with Crippen LogP contribution in [0.15, 0.2) is 54.6 Å². The Morgan fingerprint density at radius 1 is 1.07 bits per heavy atom. The first-order valence-electron chi connectivity index (χ1n) is 9.18. The molecule has 0 spiro atoms. The quantitative estimate of drug-likeness (QED) is 0.506. The van der Waals surface area contributed by atoms with Crippen LogP contribution in [0.25, 0.3) is 21.1 Å². The number of amides is 1. The van der Waals surface area contributed by atoms with Gasteiger partial charge in [-0.1, -0.05) is 30.3 Å². The van der Waals surface area contributed by atoms with Crippen molar-refractivity contribution in [1.82, 2.24) is 14.9 Å². The Labute approximate surface area is 161 Å². The van der Waals surface area contributed by atoms with Gasteiger partial charge in [-0.25, -0.2) is 4.98 Å². The maximum Gasteiger partial charge on any atom is 0.254 e. The molecular weight excluding hydrogens is 354 g/mol. The number of hydrogen-bond acceptors (Lipinski definition) is 4. The van der Waals surface area contributed by atoms with Crippen LogP contribution in [0, 0.1) is 0 Å². The number of aromatic nitrogens is 2. The standard InChI is InChI=1S/C22H19N3OS/c1-25(13-21-24-18-8-4-5-9-20(18)27-21)22(26)16-12-19(14-10-11-14)23-17-7-3-2-6-15(16)17/h2-9,12,14H,10-11,13H2,1H3. The molecule has 2 aromatic heterocycles. The molecule has 0 radical (unpaired) electrons. The minimum atomic E-state index is 0.0229. The predicted molar refractivity (Wildman–Crippen MR) is 109 cm³/mol. The van der Waals surface area contributed by atoms with E-state index in [9.17, 15) is 4.79 Å². The fraction of sp³-hybridized carbons (Fsp3) is 0.227. The highest BCUT2D eigenvalue weighted by molar-refractivity contribution is 7.18. The maximum atomic E-state index is 13.2. The smallest absolute Gasteiger partial charge is 0.254 e. The lowest BCUT2D eigenvalue weighted by Gasteiger charge is -2.17. The largest absolute Gasteiger partial charge is 0.335 e. The van der Waals surface area contributed by atoms with Gasteiger partial charge in [-0.3, -0.25) is 9.78 Å². The van der Waals surface area contributed by atoms with Gasteiger partial charge in [0.15, 0.2) is 0 Å². The van der Waals surface area contributed by atoms with Crippen LogP contribution < -0.4 is 0 Å². The van der Waals surface area contributed by atoms with E-state index in [1.165, 1.54) is 12.8 Å². The number of carbonyl (C=O) groups excluding carboxylic acids is 1. The normalized spacial score (nSPS) is 14.0. The molecule has 0 aliphatic heterocycles.